The third-order valence-corrected chi connectivity index (χ3v) is 3.63. The van der Waals surface area contributed by atoms with Gasteiger partial charge in [-0.3, -0.25) is 4.99 Å². The molecule has 106 valence electrons. The van der Waals surface area contributed by atoms with Crippen LogP contribution in [0.2, 0.25) is 0 Å². The Morgan fingerprint density at radius 3 is 2.44 bits per heavy atom. The van der Waals surface area contributed by atoms with Crippen LogP contribution in [-0.2, 0) is 0 Å². The summed E-state index contributed by atoms with van der Waals surface area (Å²) >= 11 is 0. The van der Waals surface area contributed by atoms with E-state index in [1.807, 2.05) is 0 Å². The van der Waals surface area contributed by atoms with Gasteiger partial charge in [-0.1, -0.05) is 58.3 Å². The topological polar surface area (TPSA) is 44.6 Å². The Balaban J connectivity index is 1.85. The van der Waals surface area contributed by atoms with E-state index < -0.39 is 0 Å². The molecule has 2 N–H and O–H groups in total. The average molecular weight is 254 g/mol. The van der Waals surface area contributed by atoms with E-state index in [4.69, 9.17) is 5.11 Å². The molecule has 1 rings (SSSR count). The molecule has 1 heterocycles. The lowest BCUT2D eigenvalue weighted by Gasteiger charge is -2.11. The van der Waals surface area contributed by atoms with Crippen LogP contribution >= 0.6 is 0 Å². The first kappa shape index (κ1) is 15.5. The van der Waals surface area contributed by atoms with Crippen LogP contribution in [-0.4, -0.2) is 30.1 Å². The summed E-state index contributed by atoms with van der Waals surface area (Å²) in [7, 11) is 0. The number of aliphatic hydroxyl groups is 1. The largest absolute Gasteiger partial charge is 0.396 e. The molecule has 18 heavy (non-hydrogen) atoms. The highest BCUT2D eigenvalue weighted by atomic mass is 16.3. The van der Waals surface area contributed by atoms with Gasteiger partial charge in [0.25, 0.3) is 0 Å². The highest BCUT2D eigenvalue weighted by molar-refractivity contribution is 5.84. The van der Waals surface area contributed by atoms with Crippen LogP contribution in [0, 0.1) is 0 Å². The van der Waals surface area contributed by atoms with Gasteiger partial charge in [-0.2, -0.15) is 0 Å². The van der Waals surface area contributed by atoms with Gasteiger partial charge in [-0.05, 0) is 6.42 Å². The van der Waals surface area contributed by atoms with Gasteiger partial charge in [-0.15, -0.1) is 0 Å². The summed E-state index contributed by atoms with van der Waals surface area (Å²) in [4.78, 5) is 4.40. The van der Waals surface area contributed by atoms with Crippen molar-refractivity contribution in [3.05, 3.63) is 0 Å². The predicted octanol–water partition coefficient (Wildman–Crippen LogP) is 3.27. The Labute approximate surface area is 112 Å². The minimum absolute atomic E-state index is 0.205. The zero-order valence-corrected chi connectivity index (χ0v) is 12.0. The van der Waals surface area contributed by atoms with Gasteiger partial charge < -0.3 is 10.4 Å². The van der Waals surface area contributed by atoms with E-state index in [-0.39, 0.29) is 6.61 Å². The van der Waals surface area contributed by atoms with Crippen molar-refractivity contribution in [2.45, 2.75) is 77.2 Å². The first-order chi connectivity index (χ1) is 8.86. The van der Waals surface area contributed by atoms with Crippen LogP contribution in [0.3, 0.4) is 0 Å². The Hall–Kier alpha value is -0.570. The zero-order valence-electron chi connectivity index (χ0n) is 12.0. The molecule has 1 atom stereocenters. The lowest BCUT2D eigenvalue weighted by atomic mass is 10.0. The Morgan fingerprint density at radius 2 is 1.78 bits per heavy atom. The zero-order chi connectivity index (χ0) is 13.1. The Morgan fingerprint density at radius 1 is 1.11 bits per heavy atom. The lowest BCUT2D eigenvalue weighted by Crippen LogP contribution is -2.30. The van der Waals surface area contributed by atoms with Crippen molar-refractivity contribution in [1.82, 2.24) is 5.32 Å². The molecule has 0 aromatic carbocycles. The fourth-order valence-electron chi connectivity index (χ4n) is 2.49. The fraction of sp³-hybridized carbons (Fsp3) is 0.933. The maximum absolute atomic E-state index is 8.83. The van der Waals surface area contributed by atoms with E-state index in [1.54, 1.807) is 0 Å². The third kappa shape index (κ3) is 7.00. The van der Waals surface area contributed by atoms with E-state index in [0.717, 1.165) is 12.4 Å². The summed E-state index contributed by atoms with van der Waals surface area (Å²) < 4.78 is 0. The first-order valence-corrected chi connectivity index (χ1v) is 7.77. The molecule has 0 radical (unpaired) electrons. The minimum Gasteiger partial charge on any atom is -0.396 e. The maximum atomic E-state index is 8.83. The second kappa shape index (κ2) is 10.4. The summed E-state index contributed by atoms with van der Waals surface area (Å²) in [6.45, 7) is 3.38. The van der Waals surface area contributed by atoms with Crippen molar-refractivity contribution in [3.63, 3.8) is 0 Å². The molecule has 1 unspecified atom stereocenters. The van der Waals surface area contributed by atoms with Crippen LogP contribution in [0.25, 0.3) is 0 Å². The smallest absolute Gasteiger partial charge is 0.0989 e. The lowest BCUT2D eigenvalue weighted by molar-refractivity contribution is 0.306. The van der Waals surface area contributed by atoms with Crippen LogP contribution in [0.4, 0.5) is 0 Å². The fourth-order valence-corrected chi connectivity index (χ4v) is 2.49. The van der Waals surface area contributed by atoms with E-state index >= 15 is 0 Å². The predicted molar refractivity (Wildman–Crippen MR) is 78.2 cm³/mol. The van der Waals surface area contributed by atoms with Gasteiger partial charge in [0.1, 0.15) is 0 Å². The molecule has 0 fully saturated rings. The highest BCUT2D eigenvalue weighted by Crippen LogP contribution is 2.12. The molecule has 1 aliphatic heterocycles. The van der Waals surface area contributed by atoms with Crippen molar-refractivity contribution >= 4 is 5.84 Å². The number of unbranched alkanes of at least 4 members (excludes halogenated alkanes) is 7. The number of aliphatic imine (C=N–C) groups is 1. The van der Waals surface area contributed by atoms with E-state index in [2.05, 4.69) is 17.2 Å². The summed E-state index contributed by atoms with van der Waals surface area (Å²) in [5, 5.41) is 12.2. The van der Waals surface area contributed by atoms with Crippen LogP contribution < -0.4 is 5.32 Å². The Bertz CT molecular complexity index is 229. The van der Waals surface area contributed by atoms with Crippen LogP contribution in [0.1, 0.15) is 71.1 Å². The summed E-state index contributed by atoms with van der Waals surface area (Å²) in [6, 6.07) is 0.534. The van der Waals surface area contributed by atoms with E-state index in [1.165, 1.54) is 57.8 Å². The molecular formula is C15H30N2O. The number of amidine groups is 1. The normalized spacial score (nSPS) is 18.8. The second-order valence-electron chi connectivity index (χ2n) is 5.37. The molecule has 0 amide bonds. The molecule has 0 spiro atoms. The standard InChI is InChI=1S/C15H30N2O/c1-2-3-4-5-6-7-8-9-10-14-13-16-15(17-14)11-12-18/h14,18H,2-13H2,1H3,(H,16,17). The number of hydrogen-bond donors (Lipinski definition) is 2. The number of nitrogens with one attached hydrogen (secondary N) is 1. The number of nitrogens with zero attached hydrogens (tertiary/aromatic N) is 1. The molecule has 0 saturated carbocycles. The molecule has 0 aromatic rings. The van der Waals surface area contributed by atoms with Crippen molar-refractivity contribution < 1.29 is 5.11 Å². The van der Waals surface area contributed by atoms with Crippen LogP contribution in [0.15, 0.2) is 4.99 Å². The SMILES string of the molecule is CCCCCCCCCCC1CN=C(CCO)N1. The molecule has 3 heteroatoms. The van der Waals surface area contributed by atoms with Crippen LogP contribution in [0.5, 0.6) is 0 Å². The van der Waals surface area contributed by atoms with Gasteiger partial charge in [0.2, 0.25) is 0 Å². The average Bonchev–Trinajstić information content (AvgIpc) is 2.81. The molecular weight excluding hydrogens is 224 g/mol. The van der Waals surface area contributed by atoms with E-state index in [0.29, 0.717) is 12.5 Å². The van der Waals surface area contributed by atoms with Crippen molar-refractivity contribution in [3.8, 4) is 0 Å². The number of hydrogen-bond acceptors (Lipinski definition) is 3. The van der Waals surface area contributed by atoms with Gasteiger partial charge in [0, 0.05) is 12.5 Å². The number of aliphatic hydroxyl groups excluding tert-OH is 1. The van der Waals surface area contributed by atoms with Gasteiger partial charge >= 0.3 is 0 Å². The van der Waals surface area contributed by atoms with E-state index in [9.17, 15) is 0 Å². The van der Waals surface area contributed by atoms with Crippen molar-refractivity contribution in [2.75, 3.05) is 13.2 Å². The maximum Gasteiger partial charge on any atom is 0.0989 e. The first-order valence-electron chi connectivity index (χ1n) is 7.77. The highest BCUT2D eigenvalue weighted by Gasteiger charge is 2.15. The van der Waals surface area contributed by atoms with Gasteiger partial charge in [0.15, 0.2) is 0 Å². The molecule has 0 aromatic heterocycles. The summed E-state index contributed by atoms with van der Waals surface area (Å²) in [5.74, 6) is 1.00. The summed E-state index contributed by atoms with van der Waals surface area (Å²) in [6.07, 6.45) is 13.0. The molecule has 1 aliphatic rings. The Kier molecular flexibility index (Phi) is 8.92. The summed E-state index contributed by atoms with van der Waals surface area (Å²) in [5.41, 5.74) is 0. The minimum atomic E-state index is 0.205. The number of rotatable bonds is 11. The van der Waals surface area contributed by atoms with Crippen molar-refractivity contribution in [2.24, 2.45) is 4.99 Å². The van der Waals surface area contributed by atoms with Gasteiger partial charge in [-0.25, -0.2) is 0 Å². The molecule has 0 saturated heterocycles. The molecule has 3 nitrogen and oxygen atoms in total. The monoisotopic (exact) mass is 254 g/mol. The second-order valence-corrected chi connectivity index (χ2v) is 5.37. The van der Waals surface area contributed by atoms with Gasteiger partial charge in [0.05, 0.1) is 19.0 Å². The quantitative estimate of drug-likeness (QED) is 0.556. The molecule has 0 bridgehead atoms. The third-order valence-electron chi connectivity index (χ3n) is 3.63. The van der Waals surface area contributed by atoms with Crippen molar-refractivity contribution in [1.29, 1.82) is 0 Å². The molecule has 0 aliphatic carbocycles.